The van der Waals surface area contributed by atoms with E-state index < -0.39 is 5.97 Å². The SMILES string of the molecule is COC(=O)c1c(-c2ccc(Cl)cc2)nn(-c2ccccc2)c1C. The van der Waals surface area contributed by atoms with Crippen LogP contribution in [0.3, 0.4) is 0 Å². The number of carbonyl (C=O) groups excluding carboxylic acids is 1. The van der Waals surface area contributed by atoms with Crippen LogP contribution < -0.4 is 0 Å². The summed E-state index contributed by atoms with van der Waals surface area (Å²) < 4.78 is 6.68. The Balaban J connectivity index is 2.22. The smallest absolute Gasteiger partial charge is 0.342 e. The van der Waals surface area contributed by atoms with E-state index in [1.165, 1.54) is 7.11 Å². The Bertz CT molecular complexity index is 839. The summed E-state index contributed by atoms with van der Waals surface area (Å²) in [6.07, 6.45) is 0. The summed E-state index contributed by atoms with van der Waals surface area (Å²) >= 11 is 5.94. The standard InChI is InChI=1S/C18H15ClN2O2/c1-12-16(18(22)23-2)17(13-8-10-14(19)11-9-13)20-21(12)15-6-4-3-5-7-15/h3-11H,1-2H3. The Morgan fingerprint density at radius 2 is 1.74 bits per heavy atom. The third-order valence-corrected chi connectivity index (χ3v) is 3.88. The number of para-hydroxylation sites is 1. The first-order valence-electron chi connectivity index (χ1n) is 7.11. The van der Waals surface area contributed by atoms with Gasteiger partial charge in [0.25, 0.3) is 0 Å². The first-order chi connectivity index (χ1) is 11.1. The number of carbonyl (C=O) groups is 1. The van der Waals surface area contributed by atoms with Gasteiger partial charge in [-0.05, 0) is 31.2 Å². The van der Waals surface area contributed by atoms with E-state index >= 15 is 0 Å². The maximum Gasteiger partial charge on any atom is 0.342 e. The largest absolute Gasteiger partial charge is 0.465 e. The van der Waals surface area contributed by atoms with Gasteiger partial charge in [-0.2, -0.15) is 5.10 Å². The number of hydrogen-bond acceptors (Lipinski definition) is 3. The molecule has 0 aliphatic rings. The Kier molecular flexibility index (Phi) is 4.17. The Labute approximate surface area is 139 Å². The van der Waals surface area contributed by atoms with Crippen LogP contribution >= 0.6 is 11.6 Å². The summed E-state index contributed by atoms with van der Waals surface area (Å²) in [5.74, 6) is -0.408. The molecular weight excluding hydrogens is 312 g/mol. The lowest BCUT2D eigenvalue weighted by Gasteiger charge is -2.04. The van der Waals surface area contributed by atoms with E-state index in [0.717, 1.165) is 16.9 Å². The fourth-order valence-electron chi connectivity index (χ4n) is 2.48. The van der Waals surface area contributed by atoms with E-state index in [1.807, 2.05) is 49.4 Å². The number of ether oxygens (including phenoxy) is 1. The molecule has 2 aromatic carbocycles. The molecule has 0 unspecified atom stereocenters. The predicted octanol–water partition coefficient (Wildman–Crippen LogP) is 4.29. The van der Waals surface area contributed by atoms with Gasteiger partial charge in [-0.3, -0.25) is 0 Å². The van der Waals surface area contributed by atoms with Gasteiger partial charge in [-0.15, -0.1) is 0 Å². The van der Waals surface area contributed by atoms with Gasteiger partial charge in [0.1, 0.15) is 11.3 Å². The lowest BCUT2D eigenvalue weighted by atomic mass is 10.1. The monoisotopic (exact) mass is 326 g/mol. The van der Waals surface area contributed by atoms with Crippen LogP contribution in [0, 0.1) is 6.92 Å². The molecule has 0 aliphatic heterocycles. The third-order valence-electron chi connectivity index (χ3n) is 3.62. The number of hydrogen-bond donors (Lipinski definition) is 0. The molecule has 0 radical (unpaired) electrons. The minimum absolute atomic E-state index is 0.408. The van der Waals surface area contributed by atoms with E-state index in [-0.39, 0.29) is 0 Å². The second-order valence-electron chi connectivity index (χ2n) is 5.05. The molecule has 0 atom stereocenters. The van der Waals surface area contributed by atoms with Crippen molar-refractivity contribution in [3.8, 4) is 16.9 Å². The Morgan fingerprint density at radius 1 is 1.09 bits per heavy atom. The van der Waals surface area contributed by atoms with Gasteiger partial charge in [0, 0.05) is 10.6 Å². The van der Waals surface area contributed by atoms with Crippen molar-refractivity contribution in [2.24, 2.45) is 0 Å². The highest BCUT2D eigenvalue weighted by molar-refractivity contribution is 6.30. The minimum atomic E-state index is -0.408. The van der Waals surface area contributed by atoms with E-state index in [4.69, 9.17) is 16.3 Å². The zero-order chi connectivity index (χ0) is 16.4. The summed E-state index contributed by atoms with van der Waals surface area (Å²) in [6, 6.07) is 16.9. The van der Waals surface area contributed by atoms with E-state index in [2.05, 4.69) is 5.10 Å². The fraction of sp³-hybridized carbons (Fsp3) is 0.111. The molecule has 23 heavy (non-hydrogen) atoms. The lowest BCUT2D eigenvalue weighted by molar-refractivity contribution is 0.0600. The van der Waals surface area contributed by atoms with Crippen LogP contribution in [0.5, 0.6) is 0 Å². The van der Waals surface area contributed by atoms with Crippen LogP contribution in [-0.2, 0) is 4.74 Å². The molecule has 3 aromatic rings. The predicted molar refractivity (Wildman–Crippen MR) is 90.1 cm³/mol. The molecule has 5 heteroatoms. The molecule has 4 nitrogen and oxygen atoms in total. The van der Waals surface area contributed by atoms with Crippen molar-refractivity contribution in [2.75, 3.05) is 7.11 Å². The van der Waals surface area contributed by atoms with Crippen LogP contribution in [0.4, 0.5) is 0 Å². The molecule has 0 bridgehead atoms. The molecule has 0 aliphatic carbocycles. The molecule has 0 fully saturated rings. The number of esters is 1. The second-order valence-corrected chi connectivity index (χ2v) is 5.49. The van der Waals surface area contributed by atoms with Crippen molar-refractivity contribution in [3.63, 3.8) is 0 Å². The molecule has 0 saturated carbocycles. The average molecular weight is 327 g/mol. The van der Waals surface area contributed by atoms with Crippen molar-refractivity contribution >= 4 is 17.6 Å². The maximum absolute atomic E-state index is 12.2. The van der Waals surface area contributed by atoms with Gasteiger partial charge >= 0.3 is 5.97 Å². The van der Waals surface area contributed by atoms with Crippen molar-refractivity contribution < 1.29 is 9.53 Å². The van der Waals surface area contributed by atoms with Crippen LogP contribution in [0.1, 0.15) is 16.1 Å². The summed E-state index contributed by atoms with van der Waals surface area (Å²) in [4.78, 5) is 12.2. The van der Waals surface area contributed by atoms with Gasteiger partial charge in [-0.25, -0.2) is 9.48 Å². The summed E-state index contributed by atoms with van der Waals surface area (Å²) in [6.45, 7) is 1.85. The molecular formula is C18H15ClN2O2. The summed E-state index contributed by atoms with van der Waals surface area (Å²) in [5.41, 5.74) is 3.46. The van der Waals surface area contributed by atoms with Crippen molar-refractivity contribution in [2.45, 2.75) is 6.92 Å². The summed E-state index contributed by atoms with van der Waals surface area (Å²) in [7, 11) is 1.37. The molecule has 0 N–H and O–H groups in total. The van der Waals surface area contributed by atoms with E-state index in [1.54, 1.807) is 16.8 Å². The second kappa shape index (κ2) is 6.26. The zero-order valence-electron chi connectivity index (χ0n) is 12.8. The number of halogens is 1. The van der Waals surface area contributed by atoms with E-state index in [0.29, 0.717) is 16.3 Å². The van der Waals surface area contributed by atoms with Gasteiger partial charge in [-0.1, -0.05) is 41.9 Å². The quantitative estimate of drug-likeness (QED) is 0.674. The minimum Gasteiger partial charge on any atom is -0.465 e. The Morgan fingerprint density at radius 3 is 2.35 bits per heavy atom. The molecule has 0 amide bonds. The number of methoxy groups -OCH3 is 1. The highest BCUT2D eigenvalue weighted by atomic mass is 35.5. The molecule has 3 rings (SSSR count). The van der Waals surface area contributed by atoms with Crippen LogP contribution in [0.15, 0.2) is 54.6 Å². The van der Waals surface area contributed by atoms with Crippen molar-refractivity contribution in [1.82, 2.24) is 9.78 Å². The third kappa shape index (κ3) is 2.85. The van der Waals surface area contributed by atoms with Crippen LogP contribution in [-0.4, -0.2) is 22.9 Å². The van der Waals surface area contributed by atoms with Gasteiger partial charge in [0.2, 0.25) is 0 Å². The van der Waals surface area contributed by atoms with Gasteiger partial charge in [0.15, 0.2) is 0 Å². The molecule has 0 saturated heterocycles. The van der Waals surface area contributed by atoms with E-state index in [9.17, 15) is 4.79 Å². The first kappa shape index (κ1) is 15.3. The first-order valence-corrected chi connectivity index (χ1v) is 7.49. The van der Waals surface area contributed by atoms with Gasteiger partial charge < -0.3 is 4.74 Å². The average Bonchev–Trinajstić information content (AvgIpc) is 2.93. The number of benzene rings is 2. The van der Waals surface area contributed by atoms with Crippen LogP contribution in [0.2, 0.25) is 5.02 Å². The molecule has 1 aromatic heterocycles. The van der Waals surface area contributed by atoms with Crippen molar-refractivity contribution in [1.29, 1.82) is 0 Å². The van der Waals surface area contributed by atoms with Crippen LogP contribution in [0.25, 0.3) is 16.9 Å². The zero-order valence-corrected chi connectivity index (χ0v) is 13.5. The Hall–Kier alpha value is -2.59. The fourth-order valence-corrected chi connectivity index (χ4v) is 2.61. The molecule has 116 valence electrons. The normalized spacial score (nSPS) is 10.6. The molecule has 0 spiro atoms. The van der Waals surface area contributed by atoms with Gasteiger partial charge in [0.05, 0.1) is 18.5 Å². The maximum atomic E-state index is 12.2. The topological polar surface area (TPSA) is 44.1 Å². The summed E-state index contributed by atoms with van der Waals surface area (Å²) in [5, 5.41) is 5.25. The highest BCUT2D eigenvalue weighted by Crippen LogP contribution is 2.28. The number of nitrogens with zero attached hydrogens (tertiary/aromatic N) is 2. The number of rotatable bonds is 3. The number of aromatic nitrogens is 2. The van der Waals surface area contributed by atoms with Crippen molar-refractivity contribution in [3.05, 3.63) is 70.9 Å². The lowest BCUT2D eigenvalue weighted by Crippen LogP contribution is -2.05. The highest BCUT2D eigenvalue weighted by Gasteiger charge is 2.23. The molecule has 1 heterocycles.